The molecule has 2 spiro atoms. The summed E-state index contributed by atoms with van der Waals surface area (Å²) < 4.78 is 0. The number of benzene rings is 9. The quantitative estimate of drug-likeness (QED) is 0.187. The maximum atomic E-state index is 3.94. The third kappa shape index (κ3) is 5.22. The van der Waals surface area contributed by atoms with E-state index in [-0.39, 0.29) is 0 Å². The van der Waals surface area contributed by atoms with Crippen LogP contribution in [0.15, 0.2) is 243 Å². The highest BCUT2D eigenvalue weighted by atomic mass is 14.9. The summed E-state index contributed by atoms with van der Waals surface area (Å²) in [5.41, 5.74) is 22.3. The van der Waals surface area contributed by atoms with Crippen molar-refractivity contribution in [3.63, 3.8) is 0 Å². The molecule has 0 bridgehead atoms. The molecule has 1 heteroatoms. The molecule has 0 aliphatic heterocycles. The minimum absolute atomic E-state index is 0.445. The van der Waals surface area contributed by atoms with Crippen LogP contribution in [0.3, 0.4) is 0 Å². The normalized spacial score (nSPS) is 14.7. The number of hydrogen-bond acceptors (Lipinski definition) is 1. The lowest BCUT2D eigenvalue weighted by atomic mass is 9.52. The van der Waals surface area contributed by atoms with Gasteiger partial charge in [-0.1, -0.05) is 224 Å². The summed E-state index contributed by atoms with van der Waals surface area (Å²) in [6.07, 6.45) is 7.69. The van der Waals surface area contributed by atoms with E-state index in [0.29, 0.717) is 0 Å². The fourth-order valence-corrected chi connectivity index (χ4v) is 11.2. The van der Waals surface area contributed by atoms with Crippen molar-refractivity contribution in [3.8, 4) is 33.4 Å². The molecule has 0 aromatic heterocycles. The lowest BCUT2D eigenvalue weighted by Gasteiger charge is -2.49. The fraction of sp³-hybridized carbons (Fsp3) is 0.0492. The first-order valence-electron chi connectivity index (χ1n) is 21.8. The second-order valence-corrected chi connectivity index (χ2v) is 16.7. The van der Waals surface area contributed by atoms with Gasteiger partial charge in [-0.2, -0.15) is 0 Å². The Kier molecular flexibility index (Phi) is 8.43. The Morgan fingerprint density at radius 1 is 0.323 bits per heavy atom. The fourth-order valence-electron chi connectivity index (χ4n) is 11.2. The number of anilines is 2. The zero-order valence-corrected chi connectivity index (χ0v) is 34.3. The van der Waals surface area contributed by atoms with Crippen LogP contribution in [0.5, 0.6) is 0 Å². The molecule has 9 aromatic rings. The largest absolute Gasteiger partial charge is 0.355 e. The van der Waals surface area contributed by atoms with E-state index in [0.717, 1.165) is 17.8 Å². The van der Waals surface area contributed by atoms with Gasteiger partial charge in [0, 0.05) is 16.9 Å². The zero-order chi connectivity index (χ0) is 41.1. The highest BCUT2D eigenvalue weighted by molar-refractivity contribution is 5.96. The minimum atomic E-state index is -0.537. The van der Waals surface area contributed by atoms with Gasteiger partial charge in [-0.25, -0.2) is 0 Å². The molecular weight excluding hydrogens is 747 g/mol. The average molecular weight is 790 g/mol. The van der Waals surface area contributed by atoms with Crippen molar-refractivity contribution >= 4 is 16.9 Å². The van der Waals surface area contributed by atoms with Crippen molar-refractivity contribution < 1.29 is 0 Å². The van der Waals surface area contributed by atoms with Crippen molar-refractivity contribution in [3.05, 3.63) is 293 Å². The van der Waals surface area contributed by atoms with Gasteiger partial charge in [-0.15, -0.1) is 0 Å². The van der Waals surface area contributed by atoms with Gasteiger partial charge in [0.2, 0.25) is 0 Å². The molecule has 13 rings (SSSR count). The molecule has 292 valence electrons. The van der Waals surface area contributed by atoms with Crippen LogP contribution in [0.1, 0.15) is 56.5 Å². The molecule has 0 saturated heterocycles. The number of fused-ring (bicyclic) bond motifs is 16. The lowest BCUT2D eigenvalue weighted by molar-refractivity contribution is 0.634. The summed E-state index contributed by atoms with van der Waals surface area (Å²) in [5, 5.41) is 3.94. The van der Waals surface area contributed by atoms with Crippen molar-refractivity contribution in [1.82, 2.24) is 0 Å². The first-order chi connectivity index (χ1) is 30.8. The Hall–Kier alpha value is -7.74. The predicted octanol–water partition coefficient (Wildman–Crippen LogP) is 15.2. The molecule has 0 fully saturated rings. The number of rotatable bonds is 4. The molecule has 62 heavy (non-hydrogen) atoms. The molecule has 4 aliphatic carbocycles. The highest BCUT2D eigenvalue weighted by Crippen LogP contribution is 2.68. The van der Waals surface area contributed by atoms with Gasteiger partial charge in [0.1, 0.15) is 0 Å². The lowest BCUT2D eigenvalue weighted by Crippen LogP contribution is -2.44. The molecule has 9 aromatic carbocycles. The van der Waals surface area contributed by atoms with Crippen LogP contribution >= 0.6 is 0 Å². The molecule has 0 amide bonds. The Bertz CT molecular complexity index is 3130. The summed E-state index contributed by atoms with van der Waals surface area (Å²) >= 11 is 0. The van der Waals surface area contributed by atoms with Gasteiger partial charge in [-0.05, 0) is 108 Å². The van der Waals surface area contributed by atoms with E-state index >= 15 is 0 Å². The molecule has 1 N–H and O–H groups in total. The van der Waals surface area contributed by atoms with E-state index in [1.807, 2.05) is 6.07 Å². The third-order valence-electron chi connectivity index (χ3n) is 13.6. The second-order valence-electron chi connectivity index (χ2n) is 16.7. The second kappa shape index (κ2) is 14.5. The molecule has 0 saturated carbocycles. The van der Waals surface area contributed by atoms with Crippen LogP contribution in [0.4, 0.5) is 11.4 Å². The number of allylic oxidation sites excluding steroid dienone is 4. The van der Waals surface area contributed by atoms with Crippen molar-refractivity contribution in [2.24, 2.45) is 0 Å². The third-order valence-corrected chi connectivity index (χ3v) is 13.6. The molecule has 1 nitrogen and oxygen atoms in total. The van der Waals surface area contributed by atoms with Crippen LogP contribution in [-0.2, 0) is 10.8 Å². The van der Waals surface area contributed by atoms with Gasteiger partial charge >= 0.3 is 0 Å². The maximum absolute atomic E-state index is 3.94. The van der Waals surface area contributed by atoms with Gasteiger partial charge in [0.25, 0.3) is 0 Å². The van der Waals surface area contributed by atoms with Crippen LogP contribution in [0.2, 0.25) is 0 Å². The van der Waals surface area contributed by atoms with Gasteiger partial charge < -0.3 is 5.32 Å². The van der Waals surface area contributed by atoms with E-state index in [4.69, 9.17) is 0 Å². The van der Waals surface area contributed by atoms with Gasteiger partial charge in [-0.3, -0.25) is 0 Å². The average Bonchev–Trinajstić information content (AvgIpc) is 4.07. The van der Waals surface area contributed by atoms with E-state index in [9.17, 15) is 0 Å². The van der Waals surface area contributed by atoms with Crippen LogP contribution < -0.4 is 5.32 Å². The van der Waals surface area contributed by atoms with Crippen LogP contribution in [-0.4, -0.2) is 0 Å². The molecule has 0 heterocycles. The summed E-state index contributed by atoms with van der Waals surface area (Å²) in [7, 11) is 0. The SMILES string of the molecule is C1=CC(c2ccccc2)=CC1.c1ccc(-c2ccc(Nc3cccc4c3C3(c5ccccc5-4)c4ccccc4C4(c5ccccc5-c5ccccc54)c4ccccc43)cc2)cc1. The highest BCUT2D eigenvalue weighted by Gasteiger charge is 2.59. The number of nitrogens with one attached hydrogen (secondary N) is 1. The summed E-state index contributed by atoms with van der Waals surface area (Å²) in [4.78, 5) is 0. The first kappa shape index (κ1) is 36.1. The Labute approximate surface area is 364 Å². The first-order valence-corrected chi connectivity index (χ1v) is 21.8. The van der Waals surface area contributed by atoms with Crippen LogP contribution in [0.25, 0.3) is 39.0 Å². The molecule has 0 unspecified atom stereocenters. The van der Waals surface area contributed by atoms with Crippen molar-refractivity contribution in [2.45, 2.75) is 17.3 Å². The minimum Gasteiger partial charge on any atom is -0.355 e. The standard InChI is InChI=1S/C50H33N.C11H10/c1-2-15-33(16-3-1)34-29-31-35(32-30-34)51-47-28-14-20-39-38-19-6-9-23-42(38)50(48(39)47)45-26-12-10-24-43(45)49(44-25-11-13-27-46(44)50)40-21-7-4-17-36(40)37-18-5-8-22-41(37)49;1-2-6-10(7-3-1)11-8-4-5-9-11/h1-32,51H;1-4,6-9H,5H2. The molecular formula is C61H43N. The Morgan fingerprint density at radius 3 is 1.27 bits per heavy atom. The van der Waals surface area contributed by atoms with Crippen LogP contribution in [0, 0.1) is 0 Å². The Morgan fingerprint density at radius 2 is 0.742 bits per heavy atom. The predicted molar refractivity (Wildman–Crippen MR) is 258 cm³/mol. The van der Waals surface area contributed by atoms with Crippen molar-refractivity contribution in [1.29, 1.82) is 0 Å². The smallest absolute Gasteiger partial charge is 0.0740 e. The maximum Gasteiger partial charge on any atom is 0.0740 e. The van der Waals surface area contributed by atoms with Gasteiger partial charge in [0.15, 0.2) is 0 Å². The Balaban J connectivity index is 0.000000325. The van der Waals surface area contributed by atoms with Gasteiger partial charge in [0.05, 0.1) is 10.8 Å². The van der Waals surface area contributed by atoms with E-state index in [1.54, 1.807) is 0 Å². The molecule has 0 atom stereocenters. The molecule has 0 radical (unpaired) electrons. The van der Waals surface area contributed by atoms with E-state index in [2.05, 4.69) is 242 Å². The summed E-state index contributed by atoms with van der Waals surface area (Å²) in [5.74, 6) is 0. The molecule has 4 aliphatic rings. The van der Waals surface area contributed by atoms with Crippen molar-refractivity contribution in [2.75, 3.05) is 5.32 Å². The topological polar surface area (TPSA) is 12.0 Å². The summed E-state index contributed by atoms with van der Waals surface area (Å²) in [6, 6.07) is 82.6. The summed E-state index contributed by atoms with van der Waals surface area (Å²) in [6.45, 7) is 0. The van der Waals surface area contributed by atoms with E-state index < -0.39 is 10.8 Å². The monoisotopic (exact) mass is 789 g/mol. The van der Waals surface area contributed by atoms with E-state index in [1.165, 1.54) is 89.0 Å². The number of hydrogen-bond donors (Lipinski definition) is 1. The zero-order valence-electron chi connectivity index (χ0n) is 34.3.